The Labute approximate surface area is 158 Å². The van der Waals surface area contributed by atoms with Crippen molar-refractivity contribution >= 4 is 22.7 Å². The highest BCUT2D eigenvalue weighted by molar-refractivity contribution is 5.84. The fourth-order valence-corrected chi connectivity index (χ4v) is 3.45. The maximum atomic E-state index is 12.4. The van der Waals surface area contributed by atoms with Crippen LogP contribution in [-0.2, 0) is 9.59 Å². The number of rotatable bonds is 7. The molecule has 7 heteroatoms. The molecule has 2 amide bonds. The van der Waals surface area contributed by atoms with E-state index in [4.69, 9.17) is 10.5 Å². The number of likely N-dealkylation sites (tertiary alicyclic amines) is 1. The quantitative estimate of drug-likeness (QED) is 0.715. The first-order valence-electron chi connectivity index (χ1n) is 9.30. The maximum Gasteiger partial charge on any atom is 0.231 e. The Balaban J connectivity index is 1.48. The van der Waals surface area contributed by atoms with Gasteiger partial charge in [0.15, 0.2) is 0 Å². The van der Waals surface area contributed by atoms with E-state index in [9.17, 15) is 9.59 Å². The number of carbonyl (C=O) groups is 2. The van der Waals surface area contributed by atoms with Gasteiger partial charge in [-0.1, -0.05) is 18.2 Å². The summed E-state index contributed by atoms with van der Waals surface area (Å²) in [7, 11) is 0. The third-order valence-electron chi connectivity index (χ3n) is 4.74. The van der Waals surface area contributed by atoms with Crippen LogP contribution in [0.4, 0.5) is 0 Å². The molecule has 1 unspecified atom stereocenters. The smallest absolute Gasteiger partial charge is 0.231 e. The monoisotopic (exact) mass is 370 g/mol. The van der Waals surface area contributed by atoms with Gasteiger partial charge in [-0.15, -0.1) is 0 Å². The molecular weight excluding hydrogens is 344 g/mol. The van der Waals surface area contributed by atoms with Crippen molar-refractivity contribution in [2.24, 2.45) is 11.7 Å². The van der Waals surface area contributed by atoms with Gasteiger partial charge in [0.2, 0.25) is 11.8 Å². The van der Waals surface area contributed by atoms with Crippen LogP contribution in [0.25, 0.3) is 10.9 Å². The Kier molecular flexibility index (Phi) is 6.24. The van der Waals surface area contributed by atoms with E-state index in [1.165, 1.54) is 0 Å². The Hall–Kier alpha value is -2.67. The average Bonchev–Trinajstić information content (AvgIpc) is 2.65. The van der Waals surface area contributed by atoms with E-state index in [1.807, 2.05) is 42.2 Å². The van der Waals surface area contributed by atoms with E-state index in [0.29, 0.717) is 19.7 Å². The molecule has 3 rings (SSSR count). The molecule has 2 heterocycles. The fraction of sp³-hybridized carbons (Fsp3) is 0.450. The third-order valence-corrected chi connectivity index (χ3v) is 4.74. The number of ether oxygens (including phenoxy) is 1. The van der Waals surface area contributed by atoms with Crippen LogP contribution in [0.15, 0.2) is 30.3 Å². The van der Waals surface area contributed by atoms with Crippen LogP contribution in [0.5, 0.6) is 5.75 Å². The normalized spacial score (nSPS) is 17.6. The summed E-state index contributed by atoms with van der Waals surface area (Å²) < 4.78 is 5.84. The standard InChI is InChI=1S/C20H26N4O3/c1-14-7-8-15-4-2-6-17(19(15)23-14)27-11-9-22-20(26)16-5-3-10-24(12-16)13-18(21)25/h2,4,6-8,16H,3,5,9-13H2,1H3,(H2,21,25)(H,22,26). The van der Waals surface area contributed by atoms with Gasteiger partial charge in [-0.25, -0.2) is 4.98 Å². The summed E-state index contributed by atoms with van der Waals surface area (Å²) in [6.07, 6.45) is 1.72. The minimum Gasteiger partial charge on any atom is -0.489 e. The van der Waals surface area contributed by atoms with Gasteiger partial charge in [-0.2, -0.15) is 0 Å². The summed E-state index contributed by atoms with van der Waals surface area (Å²) in [6, 6.07) is 9.81. The number of hydrogen-bond acceptors (Lipinski definition) is 5. The lowest BCUT2D eigenvalue weighted by Gasteiger charge is -2.30. The topological polar surface area (TPSA) is 97.5 Å². The van der Waals surface area contributed by atoms with Crippen molar-refractivity contribution in [3.63, 3.8) is 0 Å². The van der Waals surface area contributed by atoms with Gasteiger partial charge < -0.3 is 15.8 Å². The van der Waals surface area contributed by atoms with Crippen molar-refractivity contribution in [2.75, 3.05) is 32.8 Å². The number of hydrogen-bond donors (Lipinski definition) is 2. The second-order valence-electron chi connectivity index (χ2n) is 6.96. The molecule has 0 saturated carbocycles. The molecule has 3 N–H and O–H groups in total. The summed E-state index contributed by atoms with van der Waals surface area (Å²) >= 11 is 0. The molecule has 1 aromatic heterocycles. The number of aryl methyl sites for hydroxylation is 1. The number of piperidine rings is 1. The molecule has 7 nitrogen and oxygen atoms in total. The number of nitrogens with two attached hydrogens (primary N) is 1. The lowest BCUT2D eigenvalue weighted by molar-refractivity contribution is -0.128. The first-order chi connectivity index (χ1) is 13.0. The highest BCUT2D eigenvalue weighted by Gasteiger charge is 2.26. The van der Waals surface area contributed by atoms with Gasteiger partial charge in [0.05, 0.1) is 19.0 Å². The molecule has 2 aromatic rings. The predicted molar refractivity (Wildman–Crippen MR) is 103 cm³/mol. The average molecular weight is 370 g/mol. The first kappa shape index (κ1) is 19.1. The van der Waals surface area contributed by atoms with Crippen LogP contribution in [0.1, 0.15) is 18.5 Å². The number of pyridine rings is 1. The number of benzene rings is 1. The van der Waals surface area contributed by atoms with Crippen molar-refractivity contribution in [1.82, 2.24) is 15.2 Å². The largest absolute Gasteiger partial charge is 0.489 e. The number of aromatic nitrogens is 1. The molecule has 1 aromatic carbocycles. The Morgan fingerprint density at radius 1 is 1.33 bits per heavy atom. The minimum absolute atomic E-state index is 0.000315. The van der Waals surface area contributed by atoms with E-state index in [0.717, 1.165) is 41.7 Å². The van der Waals surface area contributed by atoms with Gasteiger partial charge in [0.1, 0.15) is 17.9 Å². The zero-order valence-electron chi connectivity index (χ0n) is 15.6. The second kappa shape index (κ2) is 8.81. The molecule has 0 aliphatic carbocycles. The zero-order chi connectivity index (χ0) is 19.2. The van der Waals surface area contributed by atoms with Crippen LogP contribution in [0, 0.1) is 12.8 Å². The third kappa shape index (κ3) is 5.17. The molecule has 1 fully saturated rings. The van der Waals surface area contributed by atoms with E-state index in [2.05, 4.69) is 10.3 Å². The summed E-state index contributed by atoms with van der Waals surface area (Å²) in [6.45, 7) is 4.33. The van der Waals surface area contributed by atoms with Gasteiger partial charge in [0.25, 0.3) is 0 Å². The molecule has 1 saturated heterocycles. The second-order valence-corrected chi connectivity index (χ2v) is 6.96. The van der Waals surface area contributed by atoms with Crippen LogP contribution in [0.3, 0.4) is 0 Å². The van der Waals surface area contributed by atoms with Crippen molar-refractivity contribution < 1.29 is 14.3 Å². The molecule has 0 radical (unpaired) electrons. The molecule has 0 spiro atoms. The highest BCUT2D eigenvalue weighted by atomic mass is 16.5. The van der Waals surface area contributed by atoms with Gasteiger partial charge in [-0.3, -0.25) is 14.5 Å². The predicted octanol–water partition coefficient (Wildman–Crippen LogP) is 1.24. The summed E-state index contributed by atoms with van der Waals surface area (Å²) in [5.74, 6) is 0.249. The molecule has 1 atom stereocenters. The number of nitrogens with zero attached hydrogens (tertiary/aromatic N) is 2. The van der Waals surface area contributed by atoms with Crippen molar-refractivity contribution in [2.45, 2.75) is 19.8 Å². The SMILES string of the molecule is Cc1ccc2cccc(OCCNC(=O)C3CCCN(CC(N)=O)C3)c2n1. The number of carbonyl (C=O) groups excluding carboxylic acids is 2. The van der Waals surface area contributed by atoms with Gasteiger partial charge in [-0.05, 0) is 38.4 Å². The lowest BCUT2D eigenvalue weighted by Crippen LogP contribution is -2.46. The minimum atomic E-state index is -0.358. The molecule has 144 valence electrons. The van der Waals surface area contributed by atoms with Crippen LogP contribution >= 0.6 is 0 Å². The van der Waals surface area contributed by atoms with E-state index >= 15 is 0 Å². The van der Waals surface area contributed by atoms with E-state index < -0.39 is 0 Å². The maximum absolute atomic E-state index is 12.4. The number of fused-ring (bicyclic) bond motifs is 1. The zero-order valence-corrected chi connectivity index (χ0v) is 15.6. The van der Waals surface area contributed by atoms with Crippen LogP contribution in [-0.4, -0.2) is 54.5 Å². The van der Waals surface area contributed by atoms with E-state index in [-0.39, 0.29) is 24.3 Å². The molecule has 27 heavy (non-hydrogen) atoms. The van der Waals surface area contributed by atoms with Crippen molar-refractivity contribution in [1.29, 1.82) is 0 Å². The van der Waals surface area contributed by atoms with Gasteiger partial charge in [0, 0.05) is 17.6 Å². The number of amides is 2. The number of primary amides is 1. The first-order valence-corrected chi connectivity index (χ1v) is 9.30. The summed E-state index contributed by atoms with van der Waals surface area (Å²) in [5.41, 5.74) is 7.01. The summed E-state index contributed by atoms with van der Waals surface area (Å²) in [5, 5.41) is 3.96. The Morgan fingerprint density at radius 2 is 2.19 bits per heavy atom. The van der Waals surface area contributed by atoms with Crippen molar-refractivity contribution in [3.05, 3.63) is 36.0 Å². The molecule has 1 aliphatic rings. The van der Waals surface area contributed by atoms with Crippen LogP contribution < -0.4 is 15.8 Å². The molecule has 0 bridgehead atoms. The highest BCUT2D eigenvalue weighted by Crippen LogP contribution is 2.23. The fourth-order valence-electron chi connectivity index (χ4n) is 3.45. The number of nitrogens with one attached hydrogen (secondary N) is 1. The summed E-state index contributed by atoms with van der Waals surface area (Å²) in [4.78, 5) is 29.9. The van der Waals surface area contributed by atoms with E-state index in [1.54, 1.807) is 0 Å². The number of para-hydroxylation sites is 1. The molecule has 1 aliphatic heterocycles. The lowest BCUT2D eigenvalue weighted by atomic mass is 9.97. The Bertz CT molecular complexity index is 824. The van der Waals surface area contributed by atoms with Crippen molar-refractivity contribution in [3.8, 4) is 5.75 Å². The van der Waals surface area contributed by atoms with Gasteiger partial charge >= 0.3 is 0 Å². The Morgan fingerprint density at radius 3 is 3.00 bits per heavy atom. The van der Waals surface area contributed by atoms with Crippen LogP contribution in [0.2, 0.25) is 0 Å². The molecular formula is C20H26N4O3.